The topological polar surface area (TPSA) is 45.2 Å². The Labute approximate surface area is 160 Å². The highest BCUT2D eigenvalue weighted by Crippen LogP contribution is 2.25. The summed E-state index contributed by atoms with van der Waals surface area (Å²) in [7, 11) is 0. The first-order valence-electron chi connectivity index (χ1n) is 9.72. The third-order valence-corrected chi connectivity index (χ3v) is 5.33. The van der Waals surface area contributed by atoms with Gasteiger partial charge in [-0.25, -0.2) is 0 Å². The lowest BCUT2D eigenvalue weighted by atomic mass is 10.0. The van der Waals surface area contributed by atoms with Gasteiger partial charge >= 0.3 is 0 Å². The smallest absolute Gasteiger partial charge is 0.222 e. The molecule has 0 bridgehead atoms. The number of fused-ring (bicyclic) bond motifs is 1. The van der Waals surface area contributed by atoms with E-state index in [0.717, 1.165) is 48.1 Å². The normalized spacial score (nSPS) is 15.1. The Balaban J connectivity index is 1.41. The van der Waals surface area contributed by atoms with Crippen LogP contribution in [-0.4, -0.2) is 34.9 Å². The highest BCUT2D eigenvalue weighted by atomic mass is 16.2. The van der Waals surface area contributed by atoms with Gasteiger partial charge in [-0.15, -0.1) is 0 Å². The van der Waals surface area contributed by atoms with E-state index >= 15 is 0 Å². The quantitative estimate of drug-likeness (QED) is 0.733. The van der Waals surface area contributed by atoms with Crippen LogP contribution in [0, 0.1) is 0 Å². The van der Waals surface area contributed by atoms with Gasteiger partial charge < -0.3 is 10.2 Å². The maximum Gasteiger partial charge on any atom is 0.222 e. The molecule has 1 N–H and O–H groups in total. The molecule has 0 aliphatic carbocycles. The molecule has 4 nitrogen and oxygen atoms in total. The average molecular weight is 359 g/mol. The molecule has 2 heterocycles. The molecular formula is C23H25N3O. The minimum Gasteiger partial charge on any atom is -0.382 e. The summed E-state index contributed by atoms with van der Waals surface area (Å²) in [5.41, 5.74) is 4.45. The minimum atomic E-state index is 0.266. The monoisotopic (exact) mass is 359 g/mol. The SMILES string of the molecule is CCC(=O)N1CCC(Nc2ccc(-c3cnc4ccccc4c3)cc2)CC1. The number of amides is 1. The van der Waals surface area contributed by atoms with Gasteiger partial charge in [0.25, 0.3) is 0 Å². The molecule has 2 aromatic carbocycles. The average Bonchev–Trinajstić information content (AvgIpc) is 2.74. The van der Waals surface area contributed by atoms with Crippen LogP contribution in [-0.2, 0) is 4.79 Å². The number of likely N-dealkylation sites (tertiary alicyclic amines) is 1. The van der Waals surface area contributed by atoms with E-state index in [2.05, 4.69) is 46.7 Å². The second kappa shape index (κ2) is 7.78. The van der Waals surface area contributed by atoms with Crippen LogP contribution in [0.2, 0.25) is 0 Å². The summed E-state index contributed by atoms with van der Waals surface area (Å²) >= 11 is 0. The second-order valence-corrected chi connectivity index (χ2v) is 7.15. The van der Waals surface area contributed by atoms with Crippen LogP contribution in [0.15, 0.2) is 60.8 Å². The molecule has 1 fully saturated rings. The number of para-hydroxylation sites is 1. The molecule has 1 amide bonds. The van der Waals surface area contributed by atoms with E-state index in [1.165, 1.54) is 5.56 Å². The van der Waals surface area contributed by atoms with Gasteiger partial charge in [-0.05, 0) is 42.7 Å². The van der Waals surface area contributed by atoms with Crippen LogP contribution in [0.25, 0.3) is 22.0 Å². The summed E-state index contributed by atoms with van der Waals surface area (Å²) in [6.45, 7) is 3.63. The van der Waals surface area contributed by atoms with E-state index in [1.807, 2.05) is 36.2 Å². The van der Waals surface area contributed by atoms with Crippen LogP contribution in [0.1, 0.15) is 26.2 Å². The maximum absolute atomic E-state index is 11.8. The summed E-state index contributed by atoms with van der Waals surface area (Å²) < 4.78 is 0. The number of hydrogen-bond donors (Lipinski definition) is 1. The number of hydrogen-bond acceptors (Lipinski definition) is 3. The first-order valence-corrected chi connectivity index (χ1v) is 9.72. The maximum atomic E-state index is 11.8. The Hall–Kier alpha value is -2.88. The zero-order chi connectivity index (χ0) is 18.6. The second-order valence-electron chi connectivity index (χ2n) is 7.15. The number of nitrogens with one attached hydrogen (secondary N) is 1. The molecule has 0 spiro atoms. The Bertz CT molecular complexity index is 928. The van der Waals surface area contributed by atoms with E-state index in [1.54, 1.807) is 0 Å². The summed E-state index contributed by atoms with van der Waals surface area (Å²) in [6.07, 6.45) is 4.54. The molecule has 138 valence electrons. The molecule has 0 radical (unpaired) electrons. The molecule has 1 aliphatic rings. The van der Waals surface area contributed by atoms with Crippen molar-refractivity contribution >= 4 is 22.5 Å². The third-order valence-electron chi connectivity index (χ3n) is 5.33. The van der Waals surface area contributed by atoms with Crippen molar-refractivity contribution in [2.45, 2.75) is 32.2 Å². The lowest BCUT2D eigenvalue weighted by Gasteiger charge is -2.32. The molecule has 1 aromatic heterocycles. The fraction of sp³-hybridized carbons (Fsp3) is 0.304. The number of nitrogens with zero attached hydrogens (tertiary/aromatic N) is 2. The third kappa shape index (κ3) is 3.95. The molecule has 1 saturated heterocycles. The first-order chi connectivity index (χ1) is 13.2. The number of carbonyl (C=O) groups is 1. The Morgan fingerprint density at radius 1 is 1.07 bits per heavy atom. The van der Waals surface area contributed by atoms with Gasteiger partial charge in [-0.3, -0.25) is 9.78 Å². The Morgan fingerprint density at radius 2 is 1.81 bits per heavy atom. The van der Waals surface area contributed by atoms with Gasteiger partial charge in [0.05, 0.1) is 5.52 Å². The highest BCUT2D eigenvalue weighted by molar-refractivity contribution is 5.83. The van der Waals surface area contributed by atoms with Crippen LogP contribution in [0.5, 0.6) is 0 Å². The molecule has 27 heavy (non-hydrogen) atoms. The summed E-state index contributed by atoms with van der Waals surface area (Å²) in [5, 5.41) is 4.77. The number of aromatic nitrogens is 1. The fourth-order valence-corrected chi connectivity index (χ4v) is 3.72. The Kier molecular flexibility index (Phi) is 5.05. The number of rotatable bonds is 4. The number of benzene rings is 2. The van der Waals surface area contributed by atoms with E-state index in [0.29, 0.717) is 12.5 Å². The van der Waals surface area contributed by atoms with Crippen molar-refractivity contribution < 1.29 is 4.79 Å². The molecule has 0 unspecified atom stereocenters. The summed E-state index contributed by atoms with van der Waals surface area (Å²) in [6, 6.07) is 19.3. The van der Waals surface area contributed by atoms with E-state index < -0.39 is 0 Å². The number of anilines is 1. The molecule has 4 heteroatoms. The van der Waals surface area contributed by atoms with Crippen molar-refractivity contribution in [1.29, 1.82) is 0 Å². The first kappa shape index (κ1) is 17.5. The van der Waals surface area contributed by atoms with E-state index in [9.17, 15) is 4.79 Å². The predicted octanol–water partition coefficient (Wildman–Crippen LogP) is 4.71. The van der Waals surface area contributed by atoms with Gasteiger partial charge in [0.15, 0.2) is 0 Å². The largest absolute Gasteiger partial charge is 0.382 e. The van der Waals surface area contributed by atoms with E-state index in [-0.39, 0.29) is 5.91 Å². The summed E-state index contributed by atoms with van der Waals surface area (Å²) in [4.78, 5) is 18.3. The van der Waals surface area contributed by atoms with Gasteiger partial charge in [-0.1, -0.05) is 37.3 Å². The molecule has 4 rings (SSSR count). The van der Waals surface area contributed by atoms with Crippen molar-refractivity contribution in [3.05, 3.63) is 60.8 Å². The lowest BCUT2D eigenvalue weighted by molar-refractivity contribution is -0.131. The number of piperidine rings is 1. The van der Waals surface area contributed by atoms with Gasteiger partial charge in [-0.2, -0.15) is 0 Å². The van der Waals surface area contributed by atoms with Crippen molar-refractivity contribution in [3.8, 4) is 11.1 Å². The highest BCUT2D eigenvalue weighted by Gasteiger charge is 2.21. The zero-order valence-corrected chi connectivity index (χ0v) is 15.7. The van der Waals surface area contributed by atoms with Gasteiger partial charge in [0.1, 0.15) is 0 Å². The zero-order valence-electron chi connectivity index (χ0n) is 15.7. The van der Waals surface area contributed by atoms with Gasteiger partial charge in [0.2, 0.25) is 5.91 Å². The molecule has 0 saturated carbocycles. The predicted molar refractivity (Wildman–Crippen MR) is 111 cm³/mol. The Morgan fingerprint density at radius 3 is 2.56 bits per heavy atom. The van der Waals surface area contributed by atoms with Crippen LogP contribution >= 0.6 is 0 Å². The van der Waals surface area contributed by atoms with Crippen molar-refractivity contribution in [3.63, 3.8) is 0 Å². The summed E-state index contributed by atoms with van der Waals surface area (Å²) in [5.74, 6) is 0.266. The van der Waals surface area contributed by atoms with Gasteiger partial charge in [0, 0.05) is 48.4 Å². The molecule has 1 aliphatic heterocycles. The van der Waals surface area contributed by atoms with Crippen LogP contribution in [0.4, 0.5) is 5.69 Å². The van der Waals surface area contributed by atoms with Crippen molar-refractivity contribution in [2.75, 3.05) is 18.4 Å². The van der Waals surface area contributed by atoms with Crippen LogP contribution in [0.3, 0.4) is 0 Å². The van der Waals surface area contributed by atoms with Crippen molar-refractivity contribution in [1.82, 2.24) is 9.88 Å². The van der Waals surface area contributed by atoms with Crippen LogP contribution < -0.4 is 5.32 Å². The minimum absolute atomic E-state index is 0.266. The lowest BCUT2D eigenvalue weighted by Crippen LogP contribution is -2.42. The standard InChI is InChI=1S/C23H25N3O/c1-2-23(27)26-13-11-21(12-14-26)25-20-9-7-17(8-10-20)19-15-18-5-3-4-6-22(18)24-16-19/h3-10,15-16,21,25H,2,11-14H2,1H3. The molecule has 3 aromatic rings. The number of pyridine rings is 1. The number of carbonyl (C=O) groups excluding carboxylic acids is 1. The van der Waals surface area contributed by atoms with E-state index in [4.69, 9.17) is 0 Å². The van der Waals surface area contributed by atoms with Crippen molar-refractivity contribution in [2.24, 2.45) is 0 Å². The molecule has 0 atom stereocenters. The fourth-order valence-electron chi connectivity index (χ4n) is 3.72. The molecular weight excluding hydrogens is 334 g/mol.